The first-order valence-corrected chi connectivity index (χ1v) is 5.60. The summed E-state index contributed by atoms with van der Waals surface area (Å²) in [5, 5.41) is 0.745. The molecule has 1 aromatic carbocycles. The van der Waals surface area contributed by atoms with E-state index in [1.165, 1.54) is 0 Å². The lowest BCUT2D eigenvalue weighted by Gasteiger charge is -2.12. The van der Waals surface area contributed by atoms with Gasteiger partial charge in [0.05, 0.1) is 0 Å². The highest BCUT2D eigenvalue weighted by molar-refractivity contribution is 7.99. The van der Waals surface area contributed by atoms with Gasteiger partial charge in [-0.05, 0) is 50.4 Å². The summed E-state index contributed by atoms with van der Waals surface area (Å²) in [6.07, 6.45) is 1.84. The van der Waals surface area contributed by atoms with E-state index in [0.717, 1.165) is 10.6 Å². The smallest absolute Gasteiger partial charge is 0.0424 e. The van der Waals surface area contributed by atoms with Crippen molar-refractivity contribution in [3.05, 3.63) is 34.9 Å². The summed E-state index contributed by atoms with van der Waals surface area (Å²) < 4.78 is 4.45. The zero-order valence-electron chi connectivity index (χ0n) is 8.62. The van der Waals surface area contributed by atoms with Crippen molar-refractivity contribution < 1.29 is 0 Å². The Morgan fingerprint density at radius 3 is 2.64 bits per heavy atom. The molecule has 0 unspecified atom stereocenters. The van der Waals surface area contributed by atoms with Crippen LogP contribution in [0, 0.1) is 0 Å². The van der Waals surface area contributed by atoms with Gasteiger partial charge in [-0.25, -0.2) is 4.40 Å². The molecule has 0 radical (unpaired) electrons. The average Bonchev–Trinajstić information content (AvgIpc) is 2.01. The van der Waals surface area contributed by atoms with Gasteiger partial charge < -0.3 is 0 Å². The number of benzene rings is 1. The Morgan fingerprint density at radius 2 is 2.07 bits per heavy atom. The SMILES string of the molecule is CC(C)(C)S/N=C/c1cccc(Cl)c1. The van der Waals surface area contributed by atoms with Gasteiger partial charge >= 0.3 is 0 Å². The number of hydrogen-bond donors (Lipinski definition) is 0. The lowest BCUT2D eigenvalue weighted by Crippen LogP contribution is -2.04. The van der Waals surface area contributed by atoms with Crippen LogP contribution in [0.2, 0.25) is 5.02 Å². The minimum atomic E-state index is 0.162. The third-order valence-electron chi connectivity index (χ3n) is 1.38. The molecule has 3 heteroatoms. The fourth-order valence-electron chi connectivity index (χ4n) is 0.832. The Bertz CT molecular complexity index is 328. The van der Waals surface area contributed by atoms with Crippen LogP contribution in [-0.2, 0) is 0 Å². The number of hydrogen-bond acceptors (Lipinski definition) is 2. The summed E-state index contributed by atoms with van der Waals surface area (Å²) >= 11 is 7.41. The average molecular weight is 228 g/mol. The molecule has 1 nitrogen and oxygen atoms in total. The van der Waals surface area contributed by atoms with Crippen LogP contribution < -0.4 is 0 Å². The van der Waals surface area contributed by atoms with E-state index in [0.29, 0.717) is 0 Å². The Kier molecular flexibility index (Phi) is 4.02. The van der Waals surface area contributed by atoms with E-state index >= 15 is 0 Å². The lowest BCUT2D eigenvalue weighted by atomic mass is 10.2. The Hall–Kier alpha value is -0.470. The first kappa shape index (κ1) is 11.6. The normalized spacial score (nSPS) is 12.3. The van der Waals surface area contributed by atoms with E-state index < -0.39 is 0 Å². The Labute approximate surface area is 94.7 Å². The van der Waals surface area contributed by atoms with Crippen LogP contribution >= 0.6 is 23.5 Å². The molecule has 1 rings (SSSR count). The molecule has 0 aromatic heterocycles. The molecule has 0 amide bonds. The van der Waals surface area contributed by atoms with E-state index in [9.17, 15) is 0 Å². The van der Waals surface area contributed by atoms with E-state index in [1.54, 1.807) is 11.9 Å². The zero-order chi connectivity index (χ0) is 10.6. The first-order chi connectivity index (χ1) is 6.47. The second-order valence-corrected chi connectivity index (χ2v) is 6.05. The van der Waals surface area contributed by atoms with Crippen LogP contribution in [-0.4, -0.2) is 11.0 Å². The molecule has 1 aromatic rings. The monoisotopic (exact) mass is 227 g/mol. The van der Waals surface area contributed by atoms with Crippen molar-refractivity contribution in [3.63, 3.8) is 0 Å². The summed E-state index contributed by atoms with van der Waals surface area (Å²) in [5.41, 5.74) is 1.04. The van der Waals surface area contributed by atoms with E-state index in [-0.39, 0.29) is 4.75 Å². The molecule has 0 heterocycles. The van der Waals surface area contributed by atoms with Crippen LogP contribution in [0.3, 0.4) is 0 Å². The third kappa shape index (κ3) is 4.68. The van der Waals surface area contributed by atoms with Crippen LogP contribution in [0.5, 0.6) is 0 Å². The van der Waals surface area contributed by atoms with Gasteiger partial charge in [-0.15, -0.1) is 0 Å². The molecule has 0 bridgehead atoms. The van der Waals surface area contributed by atoms with Crippen molar-refractivity contribution in [3.8, 4) is 0 Å². The summed E-state index contributed by atoms with van der Waals surface area (Å²) in [6.45, 7) is 6.40. The van der Waals surface area contributed by atoms with Gasteiger partial charge in [0.15, 0.2) is 0 Å². The summed E-state index contributed by atoms with van der Waals surface area (Å²) in [6, 6.07) is 7.66. The fraction of sp³-hybridized carbons (Fsp3) is 0.364. The van der Waals surface area contributed by atoms with Gasteiger partial charge in [0.1, 0.15) is 0 Å². The van der Waals surface area contributed by atoms with Gasteiger partial charge in [0.25, 0.3) is 0 Å². The molecule has 76 valence electrons. The third-order valence-corrected chi connectivity index (χ3v) is 2.37. The Balaban J connectivity index is 2.61. The highest BCUT2D eigenvalue weighted by Gasteiger charge is 2.08. The van der Waals surface area contributed by atoms with Crippen molar-refractivity contribution in [1.29, 1.82) is 0 Å². The maximum absolute atomic E-state index is 5.85. The molecular weight excluding hydrogens is 214 g/mol. The molecular formula is C11H14ClNS. The minimum absolute atomic E-state index is 0.162. The predicted molar refractivity (Wildman–Crippen MR) is 66.4 cm³/mol. The van der Waals surface area contributed by atoms with Gasteiger partial charge in [-0.2, -0.15) is 0 Å². The van der Waals surface area contributed by atoms with Crippen molar-refractivity contribution >= 4 is 29.8 Å². The fourth-order valence-corrected chi connectivity index (χ4v) is 1.52. The topological polar surface area (TPSA) is 12.4 Å². The molecule has 0 atom stereocenters. The highest BCUT2D eigenvalue weighted by atomic mass is 35.5. The van der Waals surface area contributed by atoms with Crippen molar-refractivity contribution in [2.24, 2.45) is 4.40 Å². The van der Waals surface area contributed by atoms with E-state index in [1.807, 2.05) is 30.5 Å². The summed E-state index contributed by atoms with van der Waals surface area (Å²) in [4.78, 5) is 0. The number of nitrogens with zero attached hydrogens (tertiary/aromatic N) is 1. The quantitative estimate of drug-likeness (QED) is 0.545. The predicted octanol–water partition coefficient (Wildman–Crippen LogP) is 4.21. The first-order valence-electron chi connectivity index (χ1n) is 4.44. The molecule has 0 aliphatic heterocycles. The van der Waals surface area contributed by atoms with Crippen LogP contribution in [0.25, 0.3) is 0 Å². The van der Waals surface area contributed by atoms with E-state index in [4.69, 9.17) is 11.6 Å². The van der Waals surface area contributed by atoms with E-state index in [2.05, 4.69) is 25.2 Å². The van der Waals surface area contributed by atoms with Gasteiger partial charge in [0.2, 0.25) is 0 Å². The second kappa shape index (κ2) is 4.85. The molecule has 0 saturated carbocycles. The molecule has 0 aliphatic carbocycles. The maximum atomic E-state index is 5.85. The van der Waals surface area contributed by atoms with Crippen LogP contribution in [0.15, 0.2) is 28.7 Å². The minimum Gasteiger partial charge on any atom is -0.223 e. The van der Waals surface area contributed by atoms with Gasteiger partial charge in [0, 0.05) is 16.0 Å². The number of rotatable bonds is 2. The van der Waals surface area contributed by atoms with Crippen molar-refractivity contribution in [2.45, 2.75) is 25.5 Å². The molecule has 0 fully saturated rings. The molecule has 0 N–H and O–H groups in total. The van der Waals surface area contributed by atoms with Gasteiger partial charge in [-0.3, -0.25) is 0 Å². The van der Waals surface area contributed by atoms with Gasteiger partial charge in [-0.1, -0.05) is 23.7 Å². The van der Waals surface area contributed by atoms with Crippen molar-refractivity contribution in [2.75, 3.05) is 0 Å². The largest absolute Gasteiger partial charge is 0.223 e. The zero-order valence-corrected chi connectivity index (χ0v) is 10.2. The highest BCUT2D eigenvalue weighted by Crippen LogP contribution is 2.23. The number of halogens is 1. The van der Waals surface area contributed by atoms with Crippen molar-refractivity contribution in [1.82, 2.24) is 0 Å². The standard InChI is InChI=1S/C11H14ClNS/c1-11(2,3)14-13-8-9-5-4-6-10(12)7-9/h4-8H,1-3H3/b13-8+. The summed E-state index contributed by atoms with van der Waals surface area (Å²) in [7, 11) is 0. The maximum Gasteiger partial charge on any atom is 0.0424 e. The lowest BCUT2D eigenvalue weighted by molar-refractivity contribution is 0.804. The van der Waals surface area contributed by atoms with Crippen LogP contribution in [0.1, 0.15) is 26.3 Å². The Morgan fingerprint density at radius 1 is 1.36 bits per heavy atom. The molecule has 0 aliphatic rings. The van der Waals surface area contributed by atoms with Crippen LogP contribution in [0.4, 0.5) is 0 Å². The molecule has 14 heavy (non-hydrogen) atoms. The second-order valence-electron chi connectivity index (χ2n) is 3.99. The molecule has 0 saturated heterocycles. The molecule has 0 spiro atoms. The summed E-state index contributed by atoms with van der Waals surface area (Å²) in [5.74, 6) is 0.